The lowest BCUT2D eigenvalue weighted by Gasteiger charge is -2.40. The molecule has 33 heavy (non-hydrogen) atoms. The third-order valence-corrected chi connectivity index (χ3v) is 6.71. The molecule has 2 aliphatic heterocycles. The number of amides is 2. The maximum atomic E-state index is 12.8. The van der Waals surface area contributed by atoms with Gasteiger partial charge >= 0.3 is 12.1 Å². The Hall–Kier alpha value is -3.39. The second kappa shape index (κ2) is 8.86. The van der Waals surface area contributed by atoms with E-state index in [4.69, 9.17) is 14.6 Å². The van der Waals surface area contributed by atoms with Crippen molar-refractivity contribution < 1.29 is 29.0 Å². The number of rotatable bonds is 6. The molecule has 2 N–H and O–H groups in total. The Balaban J connectivity index is 1.17. The molecule has 1 aliphatic carbocycles. The molecular weight excluding hydrogens is 424 g/mol. The number of hydrogen-bond acceptors (Lipinski definition) is 5. The molecule has 2 aromatic rings. The van der Waals surface area contributed by atoms with Gasteiger partial charge in [0.1, 0.15) is 6.61 Å². The molecule has 0 radical (unpaired) electrons. The number of aliphatic carboxylic acids is 1. The number of alkyl carbamates (subject to hydrolysis) is 1. The van der Waals surface area contributed by atoms with Crippen LogP contribution in [0.4, 0.5) is 4.79 Å². The van der Waals surface area contributed by atoms with Gasteiger partial charge in [0.05, 0.1) is 12.5 Å². The summed E-state index contributed by atoms with van der Waals surface area (Å²) in [6, 6.07) is 15.8. The van der Waals surface area contributed by atoms with Gasteiger partial charge in [-0.1, -0.05) is 48.5 Å². The predicted octanol–water partition coefficient (Wildman–Crippen LogP) is 2.62. The van der Waals surface area contributed by atoms with Gasteiger partial charge in [-0.15, -0.1) is 0 Å². The third kappa shape index (κ3) is 4.18. The Morgan fingerprint density at radius 3 is 2.30 bits per heavy atom. The van der Waals surface area contributed by atoms with E-state index in [1.54, 1.807) is 4.90 Å². The van der Waals surface area contributed by atoms with Crippen LogP contribution < -0.4 is 5.32 Å². The number of carbonyl (C=O) groups excluding carboxylic acids is 2. The minimum Gasteiger partial charge on any atom is -0.481 e. The molecule has 0 saturated carbocycles. The minimum absolute atomic E-state index is 0.0265. The van der Waals surface area contributed by atoms with Crippen molar-refractivity contribution in [3.8, 4) is 11.1 Å². The molecule has 0 spiro atoms. The second-order valence-corrected chi connectivity index (χ2v) is 8.86. The maximum absolute atomic E-state index is 12.8. The van der Waals surface area contributed by atoms with Crippen molar-refractivity contribution in [1.82, 2.24) is 10.2 Å². The van der Waals surface area contributed by atoms with Gasteiger partial charge in [0, 0.05) is 31.5 Å². The summed E-state index contributed by atoms with van der Waals surface area (Å²) in [5, 5.41) is 11.7. The van der Waals surface area contributed by atoms with Gasteiger partial charge in [0.15, 0.2) is 6.10 Å². The number of fused-ring (bicyclic) bond motifs is 3. The van der Waals surface area contributed by atoms with Gasteiger partial charge in [-0.2, -0.15) is 0 Å². The molecular formula is C25H26N2O6. The van der Waals surface area contributed by atoms with E-state index >= 15 is 0 Å². The van der Waals surface area contributed by atoms with Gasteiger partial charge in [0.25, 0.3) is 5.91 Å². The summed E-state index contributed by atoms with van der Waals surface area (Å²) in [4.78, 5) is 37.8. The van der Waals surface area contributed by atoms with Crippen molar-refractivity contribution in [2.24, 2.45) is 5.92 Å². The van der Waals surface area contributed by atoms with Crippen LogP contribution in [0, 0.1) is 5.92 Å². The number of benzene rings is 2. The fourth-order valence-electron chi connectivity index (χ4n) is 5.08. The first-order valence-corrected chi connectivity index (χ1v) is 11.2. The van der Waals surface area contributed by atoms with E-state index in [2.05, 4.69) is 29.6 Å². The predicted molar refractivity (Wildman–Crippen MR) is 119 cm³/mol. The Kier molecular flexibility index (Phi) is 5.76. The smallest absolute Gasteiger partial charge is 0.407 e. The first-order valence-electron chi connectivity index (χ1n) is 11.2. The average molecular weight is 450 g/mol. The number of nitrogens with one attached hydrogen (secondary N) is 1. The first kappa shape index (κ1) is 21.5. The summed E-state index contributed by atoms with van der Waals surface area (Å²) < 4.78 is 11.2. The van der Waals surface area contributed by atoms with Crippen molar-refractivity contribution in [3.05, 3.63) is 59.7 Å². The van der Waals surface area contributed by atoms with Gasteiger partial charge in [-0.05, 0) is 28.7 Å². The number of nitrogens with zero attached hydrogens (tertiary/aromatic N) is 1. The van der Waals surface area contributed by atoms with Crippen LogP contribution in [0.1, 0.15) is 29.9 Å². The number of ether oxygens (including phenoxy) is 2. The molecule has 0 bridgehead atoms. The highest BCUT2D eigenvalue weighted by atomic mass is 16.6. The lowest BCUT2D eigenvalue weighted by molar-refractivity contribution is -0.151. The zero-order valence-corrected chi connectivity index (χ0v) is 18.1. The SMILES string of the molecule is O=C(O)CC1CN(C(=O)C2OCCC2NC(=O)OCC2c3ccccc3-c3ccccc32)C1. The van der Waals surface area contributed by atoms with Crippen molar-refractivity contribution >= 4 is 18.0 Å². The van der Waals surface area contributed by atoms with Crippen molar-refractivity contribution in [2.75, 3.05) is 26.3 Å². The summed E-state index contributed by atoms with van der Waals surface area (Å²) in [7, 11) is 0. The second-order valence-electron chi connectivity index (χ2n) is 8.86. The molecule has 5 rings (SSSR count). The summed E-state index contributed by atoms with van der Waals surface area (Å²) >= 11 is 0. The normalized spacial score (nSPS) is 21.8. The van der Waals surface area contributed by atoms with E-state index in [0.717, 1.165) is 22.3 Å². The number of likely N-dealkylation sites (tertiary alicyclic amines) is 1. The minimum atomic E-state index is -0.862. The fourth-order valence-corrected chi connectivity index (χ4v) is 5.08. The van der Waals surface area contributed by atoms with Crippen molar-refractivity contribution in [1.29, 1.82) is 0 Å². The lowest BCUT2D eigenvalue weighted by atomic mass is 9.95. The number of hydrogen-bond donors (Lipinski definition) is 2. The highest BCUT2D eigenvalue weighted by molar-refractivity contribution is 5.84. The Labute approximate surface area is 191 Å². The summed E-state index contributed by atoms with van der Waals surface area (Å²) in [6.07, 6.45) is -0.766. The van der Waals surface area contributed by atoms with Crippen LogP contribution in [0.15, 0.2) is 48.5 Å². The van der Waals surface area contributed by atoms with Crippen LogP contribution in [0.5, 0.6) is 0 Å². The Morgan fingerprint density at radius 2 is 1.67 bits per heavy atom. The standard InChI is InChI=1S/C25H26N2O6/c28-22(29)11-15-12-27(13-15)24(30)23-21(9-10-32-23)26-25(31)33-14-20-18-7-3-1-5-16(18)17-6-2-4-8-19(17)20/h1-8,15,20-21,23H,9-14H2,(H,26,31)(H,28,29). The molecule has 2 amide bonds. The molecule has 2 atom stereocenters. The molecule has 2 aromatic carbocycles. The van der Waals surface area contributed by atoms with E-state index < -0.39 is 24.2 Å². The molecule has 2 unspecified atom stereocenters. The van der Waals surface area contributed by atoms with Crippen LogP contribution in [0.2, 0.25) is 0 Å². The topological polar surface area (TPSA) is 105 Å². The number of carboxylic acid groups (broad SMARTS) is 1. The molecule has 8 nitrogen and oxygen atoms in total. The zero-order valence-electron chi connectivity index (χ0n) is 18.1. The van der Waals surface area contributed by atoms with Crippen LogP contribution >= 0.6 is 0 Å². The van der Waals surface area contributed by atoms with E-state index in [1.807, 2.05) is 24.3 Å². The maximum Gasteiger partial charge on any atom is 0.407 e. The van der Waals surface area contributed by atoms with Gasteiger partial charge in [-0.3, -0.25) is 9.59 Å². The van der Waals surface area contributed by atoms with E-state index in [0.29, 0.717) is 26.1 Å². The van der Waals surface area contributed by atoms with Crippen molar-refractivity contribution in [3.63, 3.8) is 0 Å². The quantitative estimate of drug-likeness (QED) is 0.701. The molecule has 2 saturated heterocycles. The Bertz CT molecular complexity index is 1030. The van der Waals surface area contributed by atoms with Crippen LogP contribution in [0.3, 0.4) is 0 Å². The average Bonchev–Trinajstić information content (AvgIpc) is 3.36. The number of carboxylic acids is 1. The van der Waals surface area contributed by atoms with Crippen LogP contribution in [-0.2, 0) is 19.1 Å². The molecule has 3 aliphatic rings. The molecule has 172 valence electrons. The highest BCUT2D eigenvalue weighted by Crippen LogP contribution is 2.44. The van der Waals surface area contributed by atoms with Gasteiger partial charge in [-0.25, -0.2) is 4.79 Å². The van der Waals surface area contributed by atoms with E-state index in [-0.39, 0.29) is 30.8 Å². The lowest BCUT2D eigenvalue weighted by Crippen LogP contribution is -2.57. The summed E-state index contributed by atoms with van der Waals surface area (Å²) in [5.74, 6) is -1.13. The van der Waals surface area contributed by atoms with Crippen LogP contribution in [0.25, 0.3) is 11.1 Å². The van der Waals surface area contributed by atoms with Gasteiger partial charge < -0.3 is 24.8 Å². The molecule has 2 fully saturated rings. The van der Waals surface area contributed by atoms with E-state index in [9.17, 15) is 14.4 Å². The zero-order chi connectivity index (χ0) is 22.9. The van der Waals surface area contributed by atoms with Crippen molar-refractivity contribution in [2.45, 2.75) is 30.9 Å². The molecule has 0 aromatic heterocycles. The third-order valence-electron chi connectivity index (χ3n) is 6.71. The monoisotopic (exact) mass is 450 g/mol. The van der Waals surface area contributed by atoms with Crippen LogP contribution in [-0.4, -0.2) is 66.4 Å². The first-order chi connectivity index (χ1) is 16.0. The highest BCUT2D eigenvalue weighted by Gasteiger charge is 2.42. The molecule has 8 heteroatoms. The summed E-state index contributed by atoms with van der Waals surface area (Å²) in [6.45, 7) is 1.39. The Morgan fingerprint density at radius 1 is 1.03 bits per heavy atom. The largest absolute Gasteiger partial charge is 0.481 e. The number of carbonyl (C=O) groups is 3. The molecule has 2 heterocycles. The summed E-state index contributed by atoms with van der Waals surface area (Å²) in [5.41, 5.74) is 4.59. The van der Waals surface area contributed by atoms with Gasteiger partial charge in [0.2, 0.25) is 0 Å². The fraction of sp³-hybridized carbons (Fsp3) is 0.400. The van der Waals surface area contributed by atoms with E-state index in [1.165, 1.54) is 0 Å².